The number of amides is 2. The molecule has 92 valence electrons. The summed E-state index contributed by atoms with van der Waals surface area (Å²) in [4.78, 5) is 24.2. The molecule has 1 aliphatic heterocycles. The molecule has 0 aromatic rings. The standard InChI is InChI=1S/C10H19N3O3/c1-3-7(2)12-9(14)6-13-5-8(4-11)16-10(13)15/h7-8H,3-6,11H2,1-2H3,(H,12,14). The number of nitrogens with one attached hydrogen (secondary N) is 1. The van der Waals surface area contributed by atoms with Crippen LogP contribution in [-0.2, 0) is 9.53 Å². The second-order valence-electron chi connectivity index (χ2n) is 4.00. The molecular weight excluding hydrogens is 210 g/mol. The average Bonchev–Trinajstić information content (AvgIpc) is 2.59. The van der Waals surface area contributed by atoms with Crippen LogP contribution in [0.15, 0.2) is 0 Å². The first-order valence-corrected chi connectivity index (χ1v) is 5.51. The molecule has 16 heavy (non-hydrogen) atoms. The normalized spacial score (nSPS) is 21.8. The van der Waals surface area contributed by atoms with Gasteiger partial charge in [-0.2, -0.15) is 0 Å². The van der Waals surface area contributed by atoms with Crippen LogP contribution >= 0.6 is 0 Å². The maximum atomic E-state index is 11.5. The van der Waals surface area contributed by atoms with Crippen molar-refractivity contribution < 1.29 is 14.3 Å². The Kier molecular flexibility index (Phi) is 4.54. The quantitative estimate of drug-likeness (QED) is 0.676. The van der Waals surface area contributed by atoms with Crippen molar-refractivity contribution in [3.05, 3.63) is 0 Å². The molecule has 1 saturated heterocycles. The van der Waals surface area contributed by atoms with Crippen molar-refractivity contribution in [1.29, 1.82) is 0 Å². The molecule has 1 fully saturated rings. The third-order valence-corrected chi connectivity index (χ3v) is 2.57. The average molecular weight is 229 g/mol. The van der Waals surface area contributed by atoms with E-state index >= 15 is 0 Å². The Hall–Kier alpha value is -1.30. The number of cyclic esters (lactones) is 1. The number of rotatable bonds is 5. The lowest BCUT2D eigenvalue weighted by atomic mass is 10.2. The maximum absolute atomic E-state index is 11.5. The van der Waals surface area contributed by atoms with Crippen LogP contribution in [0.2, 0.25) is 0 Å². The van der Waals surface area contributed by atoms with Gasteiger partial charge in [-0.15, -0.1) is 0 Å². The monoisotopic (exact) mass is 229 g/mol. The van der Waals surface area contributed by atoms with Crippen LogP contribution in [0.25, 0.3) is 0 Å². The van der Waals surface area contributed by atoms with E-state index in [-0.39, 0.29) is 31.1 Å². The Balaban J connectivity index is 2.37. The van der Waals surface area contributed by atoms with Gasteiger partial charge in [0.15, 0.2) is 0 Å². The number of hydrogen-bond acceptors (Lipinski definition) is 4. The number of nitrogens with two attached hydrogens (primary N) is 1. The van der Waals surface area contributed by atoms with Crippen LogP contribution in [-0.4, -0.2) is 48.7 Å². The van der Waals surface area contributed by atoms with E-state index in [2.05, 4.69) is 5.32 Å². The summed E-state index contributed by atoms with van der Waals surface area (Å²) in [7, 11) is 0. The van der Waals surface area contributed by atoms with E-state index in [1.54, 1.807) is 0 Å². The van der Waals surface area contributed by atoms with E-state index in [9.17, 15) is 9.59 Å². The fraction of sp³-hybridized carbons (Fsp3) is 0.800. The van der Waals surface area contributed by atoms with Crippen molar-refractivity contribution in [2.45, 2.75) is 32.4 Å². The second kappa shape index (κ2) is 5.69. The summed E-state index contributed by atoms with van der Waals surface area (Å²) >= 11 is 0. The van der Waals surface area contributed by atoms with Crippen molar-refractivity contribution in [3.63, 3.8) is 0 Å². The molecule has 1 aliphatic rings. The van der Waals surface area contributed by atoms with Crippen molar-refractivity contribution >= 4 is 12.0 Å². The van der Waals surface area contributed by atoms with Gasteiger partial charge in [0.05, 0.1) is 6.54 Å². The van der Waals surface area contributed by atoms with Crippen LogP contribution in [0.4, 0.5) is 4.79 Å². The molecule has 0 aliphatic carbocycles. The first kappa shape index (κ1) is 12.8. The van der Waals surface area contributed by atoms with Gasteiger partial charge in [0.1, 0.15) is 12.6 Å². The summed E-state index contributed by atoms with van der Waals surface area (Å²) in [6.07, 6.45) is 0.111. The molecule has 6 nitrogen and oxygen atoms in total. The summed E-state index contributed by atoms with van der Waals surface area (Å²) in [6.45, 7) is 4.63. The number of nitrogens with zero attached hydrogens (tertiary/aromatic N) is 1. The lowest BCUT2D eigenvalue weighted by Gasteiger charge is -2.15. The van der Waals surface area contributed by atoms with Crippen molar-refractivity contribution in [2.24, 2.45) is 5.73 Å². The van der Waals surface area contributed by atoms with Crippen LogP contribution in [0, 0.1) is 0 Å². The molecular formula is C10H19N3O3. The summed E-state index contributed by atoms with van der Waals surface area (Å²) in [6, 6.07) is 0.122. The predicted octanol–water partition coefficient (Wildman–Crippen LogP) is -0.319. The molecule has 2 atom stereocenters. The van der Waals surface area contributed by atoms with E-state index in [4.69, 9.17) is 10.5 Å². The van der Waals surface area contributed by atoms with Gasteiger partial charge in [-0.1, -0.05) is 6.92 Å². The molecule has 2 amide bonds. The third-order valence-electron chi connectivity index (χ3n) is 2.57. The van der Waals surface area contributed by atoms with Crippen LogP contribution in [0.1, 0.15) is 20.3 Å². The Morgan fingerprint density at radius 1 is 1.75 bits per heavy atom. The van der Waals surface area contributed by atoms with Gasteiger partial charge >= 0.3 is 6.09 Å². The molecule has 0 radical (unpaired) electrons. The van der Waals surface area contributed by atoms with Gasteiger partial charge in [0, 0.05) is 12.6 Å². The SMILES string of the molecule is CCC(C)NC(=O)CN1CC(CN)OC1=O. The molecule has 0 aromatic carbocycles. The van der Waals surface area contributed by atoms with Gasteiger partial charge in [-0.3, -0.25) is 9.69 Å². The zero-order valence-corrected chi connectivity index (χ0v) is 9.73. The predicted molar refractivity (Wildman–Crippen MR) is 58.8 cm³/mol. The highest BCUT2D eigenvalue weighted by Gasteiger charge is 2.31. The Morgan fingerprint density at radius 3 is 2.94 bits per heavy atom. The van der Waals surface area contributed by atoms with Crippen LogP contribution < -0.4 is 11.1 Å². The number of carbonyl (C=O) groups is 2. The lowest BCUT2D eigenvalue weighted by molar-refractivity contribution is -0.122. The fourth-order valence-corrected chi connectivity index (χ4v) is 1.42. The molecule has 0 saturated carbocycles. The maximum Gasteiger partial charge on any atom is 0.410 e. The smallest absolute Gasteiger partial charge is 0.410 e. The van der Waals surface area contributed by atoms with E-state index in [0.29, 0.717) is 6.54 Å². The van der Waals surface area contributed by atoms with Gasteiger partial charge in [0.2, 0.25) is 5.91 Å². The molecule has 6 heteroatoms. The van der Waals surface area contributed by atoms with Crippen molar-refractivity contribution in [2.75, 3.05) is 19.6 Å². The summed E-state index contributed by atoms with van der Waals surface area (Å²) in [5, 5.41) is 2.79. The highest BCUT2D eigenvalue weighted by atomic mass is 16.6. The minimum Gasteiger partial charge on any atom is -0.443 e. The first-order valence-electron chi connectivity index (χ1n) is 5.51. The zero-order valence-electron chi connectivity index (χ0n) is 9.73. The van der Waals surface area contributed by atoms with Crippen molar-refractivity contribution in [3.8, 4) is 0 Å². The summed E-state index contributed by atoms with van der Waals surface area (Å²) in [5.74, 6) is -0.163. The number of carbonyl (C=O) groups excluding carboxylic acids is 2. The van der Waals surface area contributed by atoms with Gasteiger partial charge in [-0.05, 0) is 13.3 Å². The largest absolute Gasteiger partial charge is 0.443 e. The minimum absolute atomic E-state index is 0.0413. The Bertz CT molecular complexity index is 270. The Labute approximate surface area is 95.1 Å². The van der Waals surface area contributed by atoms with E-state index in [1.807, 2.05) is 13.8 Å². The highest BCUT2D eigenvalue weighted by Crippen LogP contribution is 2.09. The van der Waals surface area contributed by atoms with Gasteiger partial charge in [0.25, 0.3) is 0 Å². The van der Waals surface area contributed by atoms with E-state index in [1.165, 1.54) is 4.90 Å². The molecule has 0 spiro atoms. The molecule has 0 bridgehead atoms. The highest BCUT2D eigenvalue weighted by molar-refractivity contribution is 5.83. The molecule has 3 N–H and O–H groups in total. The first-order chi connectivity index (χ1) is 7.56. The summed E-state index contributed by atoms with van der Waals surface area (Å²) in [5.41, 5.74) is 5.39. The van der Waals surface area contributed by atoms with Gasteiger partial charge in [-0.25, -0.2) is 4.79 Å². The van der Waals surface area contributed by atoms with Crippen molar-refractivity contribution in [1.82, 2.24) is 10.2 Å². The summed E-state index contributed by atoms with van der Waals surface area (Å²) < 4.78 is 4.94. The second-order valence-corrected chi connectivity index (χ2v) is 4.00. The minimum atomic E-state index is -0.463. The lowest BCUT2D eigenvalue weighted by Crippen LogP contribution is -2.41. The van der Waals surface area contributed by atoms with E-state index < -0.39 is 6.09 Å². The number of ether oxygens (including phenoxy) is 1. The van der Waals surface area contributed by atoms with Crippen LogP contribution in [0.5, 0.6) is 0 Å². The fourth-order valence-electron chi connectivity index (χ4n) is 1.42. The zero-order chi connectivity index (χ0) is 12.1. The number of hydrogen-bond donors (Lipinski definition) is 2. The van der Waals surface area contributed by atoms with Crippen LogP contribution in [0.3, 0.4) is 0 Å². The molecule has 2 unspecified atom stereocenters. The van der Waals surface area contributed by atoms with E-state index in [0.717, 1.165) is 6.42 Å². The Morgan fingerprint density at radius 2 is 2.44 bits per heavy atom. The molecule has 0 aromatic heterocycles. The topological polar surface area (TPSA) is 84.7 Å². The molecule has 1 heterocycles. The molecule has 1 rings (SSSR count). The third kappa shape index (κ3) is 3.37. The van der Waals surface area contributed by atoms with Gasteiger partial charge < -0.3 is 15.8 Å².